The van der Waals surface area contributed by atoms with Crippen LogP contribution in [0.4, 0.5) is 5.69 Å². The topological polar surface area (TPSA) is 75.4 Å². The molecule has 0 aliphatic rings. The predicted octanol–water partition coefficient (Wildman–Crippen LogP) is 2.80. The van der Waals surface area contributed by atoms with Crippen LogP contribution in [-0.2, 0) is 0 Å². The minimum atomic E-state index is -0.446. The number of rotatable bonds is 4. The van der Waals surface area contributed by atoms with E-state index in [4.69, 9.17) is 5.73 Å². The molecule has 0 unspecified atom stereocenters. The van der Waals surface area contributed by atoms with Crippen LogP contribution in [0, 0.1) is 6.92 Å². The summed E-state index contributed by atoms with van der Waals surface area (Å²) >= 11 is 3.33. The van der Waals surface area contributed by atoms with Crippen molar-refractivity contribution < 1.29 is 9.90 Å². The van der Waals surface area contributed by atoms with E-state index < -0.39 is 6.04 Å². The largest absolute Gasteiger partial charge is 0.398 e. The van der Waals surface area contributed by atoms with Gasteiger partial charge in [-0.2, -0.15) is 0 Å². The molecule has 2 rings (SSSR count). The molecule has 4 nitrogen and oxygen atoms in total. The van der Waals surface area contributed by atoms with Crippen molar-refractivity contribution in [1.82, 2.24) is 5.32 Å². The van der Waals surface area contributed by atoms with Gasteiger partial charge in [-0.3, -0.25) is 4.79 Å². The average Bonchev–Trinajstić information content (AvgIpc) is 2.49. The van der Waals surface area contributed by atoms with Crippen LogP contribution < -0.4 is 11.1 Å². The minimum Gasteiger partial charge on any atom is -0.398 e. The maximum atomic E-state index is 12.4. The van der Waals surface area contributed by atoms with Crippen LogP contribution in [0.15, 0.2) is 46.9 Å². The lowest BCUT2D eigenvalue weighted by Crippen LogP contribution is -2.31. The highest BCUT2D eigenvalue weighted by atomic mass is 79.9. The molecular weight excluding hydrogens is 332 g/mol. The number of amides is 1. The van der Waals surface area contributed by atoms with Gasteiger partial charge in [0.1, 0.15) is 0 Å². The molecule has 1 atom stereocenters. The molecule has 0 radical (unpaired) electrons. The number of nitrogen functional groups attached to an aromatic ring is 1. The Morgan fingerprint density at radius 1 is 1.33 bits per heavy atom. The van der Waals surface area contributed by atoms with Crippen molar-refractivity contribution >= 4 is 27.5 Å². The standard InChI is InChI=1S/C16H17BrN2O2/c1-10-13(7-12(17)8-14(10)18)16(21)19-15(9-20)11-5-3-2-4-6-11/h2-8,15,20H,9,18H2,1H3,(H,19,21)/t15-/m1/s1. The van der Waals surface area contributed by atoms with Gasteiger partial charge in [0.25, 0.3) is 5.91 Å². The second-order valence-electron chi connectivity index (χ2n) is 4.79. The van der Waals surface area contributed by atoms with Gasteiger partial charge in [-0.25, -0.2) is 0 Å². The van der Waals surface area contributed by atoms with E-state index in [1.54, 1.807) is 19.1 Å². The van der Waals surface area contributed by atoms with Crippen molar-refractivity contribution in [2.75, 3.05) is 12.3 Å². The van der Waals surface area contributed by atoms with E-state index in [1.165, 1.54) is 0 Å². The van der Waals surface area contributed by atoms with Crippen LogP contribution in [-0.4, -0.2) is 17.6 Å². The van der Waals surface area contributed by atoms with Crippen LogP contribution in [0.3, 0.4) is 0 Å². The first-order valence-electron chi connectivity index (χ1n) is 6.55. The van der Waals surface area contributed by atoms with E-state index in [-0.39, 0.29) is 12.5 Å². The lowest BCUT2D eigenvalue weighted by molar-refractivity contribution is 0.0915. The van der Waals surface area contributed by atoms with E-state index in [2.05, 4.69) is 21.2 Å². The Morgan fingerprint density at radius 3 is 2.62 bits per heavy atom. The quantitative estimate of drug-likeness (QED) is 0.743. The summed E-state index contributed by atoms with van der Waals surface area (Å²) < 4.78 is 0.746. The van der Waals surface area contributed by atoms with Gasteiger partial charge >= 0.3 is 0 Å². The van der Waals surface area contributed by atoms with Gasteiger partial charge in [0.15, 0.2) is 0 Å². The fourth-order valence-electron chi connectivity index (χ4n) is 2.09. The summed E-state index contributed by atoms with van der Waals surface area (Å²) in [5.74, 6) is -0.261. The first-order valence-corrected chi connectivity index (χ1v) is 7.34. The molecule has 0 bridgehead atoms. The molecule has 5 heteroatoms. The molecule has 0 heterocycles. The molecule has 0 saturated heterocycles. The maximum absolute atomic E-state index is 12.4. The van der Waals surface area contributed by atoms with Crippen LogP contribution in [0.2, 0.25) is 0 Å². The summed E-state index contributed by atoms with van der Waals surface area (Å²) in [5, 5.41) is 12.3. The van der Waals surface area contributed by atoms with Crippen molar-refractivity contribution in [1.29, 1.82) is 0 Å². The lowest BCUT2D eigenvalue weighted by Gasteiger charge is -2.18. The Morgan fingerprint density at radius 2 is 2.00 bits per heavy atom. The molecule has 0 saturated carbocycles. The van der Waals surface area contributed by atoms with Crippen LogP contribution in [0.25, 0.3) is 0 Å². The SMILES string of the molecule is Cc1c(N)cc(Br)cc1C(=O)N[C@H](CO)c1ccccc1. The van der Waals surface area contributed by atoms with Crippen molar-refractivity contribution in [3.05, 3.63) is 63.6 Å². The molecule has 0 aliphatic carbocycles. The predicted molar refractivity (Wildman–Crippen MR) is 87.0 cm³/mol. The zero-order chi connectivity index (χ0) is 15.4. The number of carbonyl (C=O) groups is 1. The summed E-state index contributed by atoms with van der Waals surface area (Å²) in [6, 6.07) is 12.4. The summed E-state index contributed by atoms with van der Waals surface area (Å²) in [6.45, 7) is 1.63. The molecule has 4 N–H and O–H groups in total. The van der Waals surface area contributed by atoms with Crippen LogP contribution >= 0.6 is 15.9 Å². The lowest BCUT2D eigenvalue weighted by atomic mass is 10.0. The van der Waals surface area contributed by atoms with Gasteiger partial charge in [0.05, 0.1) is 12.6 Å². The number of benzene rings is 2. The number of carbonyl (C=O) groups excluding carboxylic acids is 1. The van der Waals surface area contributed by atoms with E-state index in [0.29, 0.717) is 11.3 Å². The molecule has 0 aliphatic heterocycles. The average molecular weight is 349 g/mol. The van der Waals surface area contributed by atoms with Crippen LogP contribution in [0.1, 0.15) is 27.5 Å². The summed E-state index contributed by atoms with van der Waals surface area (Å²) in [6.07, 6.45) is 0. The third-order valence-electron chi connectivity index (χ3n) is 3.35. The molecule has 0 fully saturated rings. The van der Waals surface area contributed by atoms with E-state index in [9.17, 15) is 9.90 Å². The maximum Gasteiger partial charge on any atom is 0.252 e. The molecule has 1 amide bonds. The zero-order valence-corrected chi connectivity index (χ0v) is 13.2. The first-order chi connectivity index (χ1) is 10.0. The van der Waals surface area contributed by atoms with Crippen molar-refractivity contribution in [3.63, 3.8) is 0 Å². The molecule has 110 valence electrons. The number of aliphatic hydroxyl groups excluding tert-OH is 1. The number of anilines is 1. The van der Waals surface area contributed by atoms with Gasteiger partial charge in [0.2, 0.25) is 0 Å². The van der Waals surface area contributed by atoms with Gasteiger partial charge in [0, 0.05) is 15.7 Å². The van der Waals surface area contributed by atoms with Gasteiger partial charge < -0.3 is 16.2 Å². The molecule has 21 heavy (non-hydrogen) atoms. The Hall–Kier alpha value is -1.85. The van der Waals surface area contributed by atoms with E-state index >= 15 is 0 Å². The number of halogens is 1. The fourth-order valence-corrected chi connectivity index (χ4v) is 2.57. The van der Waals surface area contributed by atoms with Gasteiger partial charge in [-0.05, 0) is 30.2 Å². The molecule has 0 aromatic heterocycles. The third-order valence-corrected chi connectivity index (χ3v) is 3.80. The zero-order valence-electron chi connectivity index (χ0n) is 11.6. The Kier molecular flexibility index (Phi) is 4.98. The van der Waals surface area contributed by atoms with Gasteiger partial charge in [-0.15, -0.1) is 0 Å². The van der Waals surface area contributed by atoms with Crippen LogP contribution in [0.5, 0.6) is 0 Å². The van der Waals surface area contributed by atoms with Gasteiger partial charge in [-0.1, -0.05) is 46.3 Å². The minimum absolute atomic E-state index is 0.168. The normalized spacial score (nSPS) is 12.0. The second-order valence-corrected chi connectivity index (χ2v) is 5.70. The monoisotopic (exact) mass is 348 g/mol. The first kappa shape index (κ1) is 15.5. The molecule has 0 spiro atoms. The molecular formula is C16H17BrN2O2. The number of hydrogen-bond donors (Lipinski definition) is 3. The second kappa shape index (κ2) is 6.74. The van der Waals surface area contributed by atoms with Crippen molar-refractivity contribution in [3.8, 4) is 0 Å². The Labute approximate surface area is 132 Å². The van der Waals surface area contributed by atoms with Crippen molar-refractivity contribution in [2.24, 2.45) is 0 Å². The highest BCUT2D eigenvalue weighted by molar-refractivity contribution is 9.10. The number of aliphatic hydroxyl groups is 1. The summed E-state index contributed by atoms with van der Waals surface area (Å²) in [5.41, 5.74) is 8.50. The summed E-state index contributed by atoms with van der Waals surface area (Å²) in [7, 11) is 0. The highest BCUT2D eigenvalue weighted by Crippen LogP contribution is 2.23. The van der Waals surface area contributed by atoms with Crippen molar-refractivity contribution in [2.45, 2.75) is 13.0 Å². The number of nitrogens with two attached hydrogens (primary N) is 1. The van der Waals surface area contributed by atoms with E-state index in [0.717, 1.165) is 15.6 Å². The number of nitrogens with one attached hydrogen (secondary N) is 1. The number of hydrogen-bond acceptors (Lipinski definition) is 3. The molecule has 2 aromatic rings. The smallest absolute Gasteiger partial charge is 0.252 e. The highest BCUT2D eigenvalue weighted by Gasteiger charge is 2.17. The molecule has 2 aromatic carbocycles. The summed E-state index contributed by atoms with van der Waals surface area (Å²) in [4.78, 5) is 12.4. The third kappa shape index (κ3) is 3.62. The Balaban J connectivity index is 2.25. The Bertz CT molecular complexity index is 644. The fraction of sp³-hybridized carbons (Fsp3) is 0.188. The van der Waals surface area contributed by atoms with E-state index in [1.807, 2.05) is 30.3 Å².